The van der Waals surface area contributed by atoms with E-state index >= 15 is 0 Å². The number of nitrogens with one attached hydrogen (secondary N) is 1. The topological polar surface area (TPSA) is 45.0 Å². The third-order valence-electron chi connectivity index (χ3n) is 2.52. The second-order valence-corrected chi connectivity index (χ2v) is 3.64. The van der Waals surface area contributed by atoms with Gasteiger partial charge in [0, 0.05) is 19.6 Å². The van der Waals surface area contributed by atoms with Gasteiger partial charge in [-0.1, -0.05) is 6.92 Å². The van der Waals surface area contributed by atoms with Crippen LogP contribution in [0.3, 0.4) is 0 Å². The molecule has 3 heteroatoms. The van der Waals surface area contributed by atoms with Crippen molar-refractivity contribution in [1.29, 1.82) is 5.26 Å². The van der Waals surface area contributed by atoms with Gasteiger partial charge in [0.05, 0.1) is 12.2 Å². The van der Waals surface area contributed by atoms with Gasteiger partial charge in [-0.05, 0) is 25.3 Å². The van der Waals surface area contributed by atoms with E-state index in [1.54, 1.807) is 0 Å². The molecule has 74 valence electrons. The maximum Gasteiger partial charge on any atom is 0.0725 e. The molecular formula is C10H18N2O. The Labute approximate surface area is 80.1 Å². The van der Waals surface area contributed by atoms with Gasteiger partial charge in [-0.3, -0.25) is 0 Å². The zero-order chi connectivity index (χ0) is 9.52. The molecule has 1 aliphatic heterocycles. The molecule has 0 saturated carbocycles. The van der Waals surface area contributed by atoms with Crippen molar-refractivity contribution in [3.05, 3.63) is 0 Å². The maximum absolute atomic E-state index is 8.34. The summed E-state index contributed by atoms with van der Waals surface area (Å²) in [6, 6.07) is 2.12. The molecule has 0 aromatic carbocycles. The minimum atomic E-state index is 0.354. The molecule has 0 amide bonds. The van der Waals surface area contributed by atoms with Crippen LogP contribution >= 0.6 is 0 Å². The number of nitrogens with zero attached hydrogens (tertiary/aromatic N) is 1. The Hall–Kier alpha value is -0.590. The predicted molar refractivity (Wildman–Crippen MR) is 51.2 cm³/mol. The summed E-state index contributed by atoms with van der Waals surface area (Å²) in [6.45, 7) is 5.03. The lowest BCUT2D eigenvalue weighted by Crippen LogP contribution is -2.41. The van der Waals surface area contributed by atoms with E-state index in [1.165, 1.54) is 6.42 Å². The first kappa shape index (κ1) is 10.5. The highest BCUT2D eigenvalue weighted by Gasteiger charge is 2.20. The van der Waals surface area contributed by atoms with E-state index in [0.717, 1.165) is 26.1 Å². The van der Waals surface area contributed by atoms with Gasteiger partial charge in [-0.25, -0.2) is 0 Å². The van der Waals surface area contributed by atoms with Gasteiger partial charge in [0.15, 0.2) is 0 Å². The number of nitriles is 1. The highest BCUT2D eigenvalue weighted by Crippen LogP contribution is 2.14. The number of hydrogen-bond donors (Lipinski definition) is 1. The quantitative estimate of drug-likeness (QED) is 0.667. The summed E-state index contributed by atoms with van der Waals surface area (Å²) in [5.74, 6) is 0.656. The lowest BCUT2D eigenvalue weighted by molar-refractivity contribution is 0.00350. The summed E-state index contributed by atoms with van der Waals surface area (Å²) in [5, 5.41) is 11.7. The largest absolute Gasteiger partial charge is 0.377 e. The Morgan fingerprint density at radius 3 is 3.15 bits per heavy atom. The second kappa shape index (κ2) is 5.95. The van der Waals surface area contributed by atoms with Crippen molar-refractivity contribution < 1.29 is 4.74 Å². The first-order valence-electron chi connectivity index (χ1n) is 5.04. The molecule has 0 aromatic rings. The third kappa shape index (κ3) is 3.75. The average Bonchev–Trinajstić information content (AvgIpc) is 2.15. The third-order valence-corrected chi connectivity index (χ3v) is 2.52. The molecule has 3 nitrogen and oxygen atoms in total. The summed E-state index contributed by atoms with van der Waals surface area (Å²) in [5.41, 5.74) is 0. The predicted octanol–water partition coefficient (Wildman–Crippen LogP) is 1.30. The second-order valence-electron chi connectivity index (χ2n) is 3.64. The van der Waals surface area contributed by atoms with Crippen LogP contribution in [0.2, 0.25) is 0 Å². The molecule has 0 aromatic heterocycles. The van der Waals surface area contributed by atoms with Crippen molar-refractivity contribution in [2.24, 2.45) is 5.92 Å². The van der Waals surface area contributed by atoms with Crippen LogP contribution in [0.5, 0.6) is 0 Å². The molecule has 0 aliphatic carbocycles. The Morgan fingerprint density at radius 1 is 1.62 bits per heavy atom. The zero-order valence-corrected chi connectivity index (χ0v) is 8.25. The number of hydrogen-bond acceptors (Lipinski definition) is 3. The highest BCUT2D eigenvalue weighted by molar-refractivity contribution is 4.76. The summed E-state index contributed by atoms with van der Waals surface area (Å²) in [4.78, 5) is 0. The Bertz CT molecular complexity index is 176. The smallest absolute Gasteiger partial charge is 0.0725 e. The molecule has 13 heavy (non-hydrogen) atoms. The van der Waals surface area contributed by atoms with E-state index < -0.39 is 0 Å². The van der Waals surface area contributed by atoms with Crippen LogP contribution in [-0.4, -0.2) is 25.8 Å². The zero-order valence-electron chi connectivity index (χ0n) is 8.25. The van der Waals surface area contributed by atoms with Crippen LogP contribution in [-0.2, 0) is 4.74 Å². The van der Waals surface area contributed by atoms with Crippen LogP contribution < -0.4 is 5.32 Å². The van der Waals surface area contributed by atoms with E-state index in [-0.39, 0.29) is 0 Å². The summed E-state index contributed by atoms with van der Waals surface area (Å²) in [7, 11) is 0. The first-order valence-corrected chi connectivity index (χ1v) is 5.04. The molecule has 1 aliphatic rings. The van der Waals surface area contributed by atoms with Crippen molar-refractivity contribution in [2.45, 2.75) is 32.3 Å². The molecular weight excluding hydrogens is 164 g/mol. The van der Waals surface area contributed by atoms with E-state index in [9.17, 15) is 0 Å². The molecule has 1 saturated heterocycles. The molecule has 2 atom stereocenters. The lowest BCUT2D eigenvalue weighted by atomic mass is 9.97. The molecule has 0 radical (unpaired) electrons. The van der Waals surface area contributed by atoms with Gasteiger partial charge < -0.3 is 10.1 Å². The molecule has 1 rings (SSSR count). The van der Waals surface area contributed by atoms with Gasteiger partial charge >= 0.3 is 0 Å². The number of piperidine rings is 1. The van der Waals surface area contributed by atoms with E-state index in [2.05, 4.69) is 18.3 Å². The van der Waals surface area contributed by atoms with Gasteiger partial charge in [0.1, 0.15) is 0 Å². The number of unbranched alkanes of at least 4 members (excludes halogenated alkanes) is 1. The van der Waals surface area contributed by atoms with E-state index in [0.29, 0.717) is 18.4 Å². The van der Waals surface area contributed by atoms with Crippen molar-refractivity contribution in [3.63, 3.8) is 0 Å². The normalized spacial score (nSPS) is 28.3. The van der Waals surface area contributed by atoms with Crippen molar-refractivity contribution in [2.75, 3.05) is 19.7 Å². The lowest BCUT2D eigenvalue weighted by Gasteiger charge is -2.29. The Kier molecular flexibility index (Phi) is 4.81. The Balaban J connectivity index is 2.09. The van der Waals surface area contributed by atoms with Crippen LogP contribution in [0.25, 0.3) is 0 Å². The molecule has 2 unspecified atom stereocenters. The minimum Gasteiger partial charge on any atom is -0.377 e. The monoisotopic (exact) mass is 182 g/mol. The molecule has 1 fully saturated rings. The Morgan fingerprint density at radius 2 is 2.46 bits per heavy atom. The fourth-order valence-electron chi connectivity index (χ4n) is 1.57. The van der Waals surface area contributed by atoms with Crippen LogP contribution in [0.1, 0.15) is 26.2 Å². The first-order chi connectivity index (χ1) is 6.34. The van der Waals surface area contributed by atoms with Crippen LogP contribution in [0.15, 0.2) is 0 Å². The number of ether oxygens (including phenoxy) is 1. The van der Waals surface area contributed by atoms with E-state index in [1.807, 2.05) is 0 Å². The standard InChI is InChI=1S/C10H18N2O/c1-9-4-6-12-8-10(9)13-7-3-2-5-11/h9-10,12H,2-4,6-8H2,1H3. The SMILES string of the molecule is CC1CCNCC1OCCCC#N. The van der Waals surface area contributed by atoms with Crippen molar-refractivity contribution in [1.82, 2.24) is 5.32 Å². The molecule has 0 spiro atoms. The minimum absolute atomic E-state index is 0.354. The summed E-state index contributed by atoms with van der Waals surface area (Å²) < 4.78 is 5.68. The van der Waals surface area contributed by atoms with Gasteiger partial charge in [0.2, 0.25) is 0 Å². The van der Waals surface area contributed by atoms with Gasteiger partial charge in [0.25, 0.3) is 0 Å². The fourth-order valence-corrected chi connectivity index (χ4v) is 1.57. The molecule has 1 heterocycles. The molecule has 0 bridgehead atoms. The van der Waals surface area contributed by atoms with Crippen molar-refractivity contribution in [3.8, 4) is 6.07 Å². The molecule has 1 N–H and O–H groups in total. The fraction of sp³-hybridized carbons (Fsp3) is 0.900. The summed E-state index contributed by atoms with van der Waals surface area (Å²) in [6.07, 6.45) is 3.02. The highest BCUT2D eigenvalue weighted by atomic mass is 16.5. The van der Waals surface area contributed by atoms with Gasteiger partial charge in [-0.2, -0.15) is 5.26 Å². The number of rotatable bonds is 4. The van der Waals surface area contributed by atoms with Gasteiger partial charge in [-0.15, -0.1) is 0 Å². The maximum atomic E-state index is 8.34. The van der Waals surface area contributed by atoms with Crippen LogP contribution in [0.4, 0.5) is 0 Å². The van der Waals surface area contributed by atoms with E-state index in [4.69, 9.17) is 10.00 Å². The summed E-state index contributed by atoms with van der Waals surface area (Å²) >= 11 is 0. The van der Waals surface area contributed by atoms with Crippen molar-refractivity contribution >= 4 is 0 Å². The van der Waals surface area contributed by atoms with Crippen LogP contribution in [0, 0.1) is 17.2 Å². The average molecular weight is 182 g/mol.